The van der Waals surface area contributed by atoms with E-state index in [1.807, 2.05) is 38.5 Å². The van der Waals surface area contributed by atoms with Crippen molar-refractivity contribution in [1.29, 1.82) is 0 Å². The zero-order chi connectivity index (χ0) is 11.5. The molecule has 0 aliphatic heterocycles. The van der Waals surface area contributed by atoms with Crippen LogP contribution >= 0.6 is 0 Å². The predicted octanol–water partition coefficient (Wildman–Crippen LogP) is 1.35. The summed E-state index contributed by atoms with van der Waals surface area (Å²) in [6.07, 6.45) is 3.68. The molecular formula is C11H19N3O. The molecule has 0 aliphatic carbocycles. The van der Waals surface area contributed by atoms with Gasteiger partial charge in [-0.2, -0.15) is 0 Å². The number of carbonyl (C=O) groups excluding carboxylic acids is 1. The number of nitrogens with zero attached hydrogens (tertiary/aromatic N) is 2. The van der Waals surface area contributed by atoms with Crippen molar-refractivity contribution in [3.63, 3.8) is 0 Å². The van der Waals surface area contributed by atoms with Gasteiger partial charge in [0.1, 0.15) is 5.82 Å². The third kappa shape index (κ3) is 3.38. The molecule has 15 heavy (non-hydrogen) atoms. The van der Waals surface area contributed by atoms with Crippen molar-refractivity contribution in [3.8, 4) is 0 Å². The van der Waals surface area contributed by atoms with E-state index >= 15 is 0 Å². The highest BCUT2D eigenvalue weighted by Crippen LogP contribution is 2.11. The molecule has 4 nitrogen and oxygen atoms in total. The van der Waals surface area contributed by atoms with Gasteiger partial charge >= 0.3 is 0 Å². The summed E-state index contributed by atoms with van der Waals surface area (Å²) in [6, 6.07) is 0. The molecule has 1 aromatic heterocycles. The molecule has 0 aromatic carbocycles. The van der Waals surface area contributed by atoms with Crippen molar-refractivity contribution >= 4 is 5.91 Å². The first kappa shape index (κ1) is 11.8. The molecule has 0 unspecified atom stereocenters. The Morgan fingerprint density at radius 2 is 2.20 bits per heavy atom. The number of nitrogens with one attached hydrogen (secondary N) is 1. The monoisotopic (exact) mass is 209 g/mol. The van der Waals surface area contributed by atoms with Gasteiger partial charge in [-0.25, -0.2) is 4.98 Å². The van der Waals surface area contributed by atoms with Crippen molar-refractivity contribution < 1.29 is 4.79 Å². The Morgan fingerprint density at radius 1 is 1.53 bits per heavy atom. The number of hydrogen-bond acceptors (Lipinski definition) is 2. The molecular weight excluding hydrogens is 190 g/mol. The van der Waals surface area contributed by atoms with Crippen LogP contribution in [0.2, 0.25) is 0 Å². The minimum Gasteiger partial charge on any atom is -0.354 e. The molecule has 4 heteroatoms. The van der Waals surface area contributed by atoms with Crippen LogP contribution in [0.4, 0.5) is 0 Å². The average Bonchev–Trinajstić information content (AvgIpc) is 2.50. The molecule has 1 amide bonds. The lowest BCUT2D eigenvalue weighted by atomic mass is 9.96. The highest BCUT2D eigenvalue weighted by molar-refractivity contribution is 5.81. The summed E-state index contributed by atoms with van der Waals surface area (Å²) >= 11 is 0. The quantitative estimate of drug-likeness (QED) is 0.817. The van der Waals surface area contributed by atoms with E-state index in [4.69, 9.17) is 0 Å². The summed E-state index contributed by atoms with van der Waals surface area (Å²) in [7, 11) is 0. The molecule has 0 atom stereocenters. The van der Waals surface area contributed by atoms with E-state index < -0.39 is 0 Å². The van der Waals surface area contributed by atoms with Crippen molar-refractivity contribution in [3.05, 3.63) is 18.2 Å². The van der Waals surface area contributed by atoms with E-state index in [-0.39, 0.29) is 11.3 Å². The molecule has 0 saturated heterocycles. The number of carbonyl (C=O) groups is 1. The van der Waals surface area contributed by atoms with Crippen LogP contribution in [0, 0.1) is 12.3 Å². The molecule has 1 aromatic rings. The molecule has 1 N–H and O–H groups in total. The van der Waals surface area contributed by atoms with Crippen LogP contribution in [-0.2, 0) is 11.3 Å². The Labute approximate surface area is 90.7 Å². The van der Waals surface area contributed by atoms with E-state index in [0.717, 1.165) is 12.4 Å². The Balaban J connectivity index is 2.35. The first-order valence-electron chi connectivity index (χ1n) is 5.17. The van der Waals surface area contributed by atoms with Crippen molar-refractivity contribution in [1.82, 2.24) is 14.9 Å². The second-order valence-electron chi connectivity index (χ2n) is 4.67. The van der Waals surface area contributed by atoms with E-state index in [9.17, 15) is 4.79 Å². The second-order valence-corrected chi connectivity index (χ2v) is 4.67. The molecule has 0 spiro atoms. The van der Waals surface area contributed by atoms with Crippen LogP contribution in [0.25, 0.3) is 0 Å². The number of aromatic nitrogens is 2. The summed E-state index contributed by atoms with van der Waals surface area (Å²) in [5.74, 6) is 1.06. The lowest BCUT2D eigenvalue weighted by molar-refractivity contribution is -0.128. The van der Waals surface area contributed by atoms with Gasteiger partial charge in [0, 0.05) is 30.9 Å². The maximum atomic E-state index is 11.5. The molecule has 1 heterocycles. The van der Waals surface area contributed by atoms with Crippen molar-refractivity contribution in [2.45, 2.75) is 34.2 Å². The van der Waals surface area contributed by atoms with E-state index in [1.165, 1.54) is 0 Å². The Hall–Kier alpha value is -1.32. The second kappa shape index (κ2) is 4.47. The molecule has 0 aliphatic rings. The minimum absolute atomic E-state index is 0.0836. The Morgan fingerprint density at radius 3 is 2.67 bits per heavy atom. The van der Waals surface area contributed by atoms with Gasteiger partial charge in [0.2, 0.25) is 5.91 Å². The summed E-state index contributed by atoms with van der Waals surface area (Å²) in [6.45, 7) is 9.09. The van der Waals surface area contributed by atoms with E-state index in [0.29, 0.717) is 6.54 Å². The maximum absolute atomic E-state index is 11.5. The minimum atomic E-state index is -0.315. The SMILES string of the molecule is Cc1nccn1CCNC(=O)C(C)(C)C. The lowest BCUT2D eigenvalue weighted by Crippen LogP contribution is -2.36. The number of hydrogen-bond donors (Lipinski definition) is 1. The Kier molecular flexibility index (Phi) is 3.50. The van der Waals surface area contributed by atoms with Gasteiger partial charge in [-0.05, 0) is 6.92 Å². The van der Waals surface area contributed by atoms with Crippen LogP contribution in [0.1, 0.15) is 26.6 Å². The fourth-order valence-electron chi connectivity index (χ4n) is 1.20. The zero-order valence-electron chi connectivity index (χ0n) is 9.87. The van der Waals surface area contributed by atoms with Crippen LogP contribution < -0.4 is 5.32 Å². The van der Waals surface area contributed by atoms with Gasteiger partial charge in [0.15, 0.2) is 0 Å². The van der Waals surface area contributed by atoms with E-state index in [2.05, 4.69) is 10.3 Å². The average molecular weight is 209 g/mol. The fourth-order valence-corrected chi connectivity index (χ4v) is 1.20. The molecule has 84 valence electrons. The van der Waals surface area contributed by atoms with Crippen molar-refractivity contribution in [2.24, 2.45) is 5.41 Å². The van der Waals surface area contributed by atoms with Crippen LogP contribution in [0.15, 0.2) is 12.4 Å². The topological polar surface area (TPSA) is 46.9 Å². The first-order chi connectivity index (χ1) is 6.91. The number of aryl methyl sites for hydroxylation is 1. The van der Waals surface area contributed by atoms with Crippen molar-refractivity contribution in [2.75, 3.05) is 6.54 Å². The van der Waals surface area contributed by atoms with E-state index in [1.54, 1.807) is 6.20 Å². The van der Waals surface area contributed by atoms with Gasteiger partial charge in [-0.3, -0.25) is 4.79 Å². The third-order valence-electron chi connectivity index (χ3n) is 2.24. The molecule has 1 rings (SSSR count). The van der Waals surface area contributed by atoms with Gasteiger partial charge < -0.3 is 9.88 Å². The summed E-state index contributed by atoms with van der Waals surface area (Å²) in [4.78, 5) is 15.7. The molecule has 0 radical (unpaired) electrons. The largest absolute Gasteiger partial charge is 0.354 e. The maximum Gasteiger partial charge on any atom is 0.225 e. The van der Waals surface area contributed by atoms with Gasteiger partial charge in [0.05, 0.1) is 0 Å². The molecule has 0 fully saturated rings. The summed E-state index contributed by atoms with van der Waals surface area (Å²) in [5, 5.41) is 2.90. The smallest absolute Gasteiger partial charge is 0.225 e. The first-order valence-corrected chi connectivity index (χ1v) is 5.17. The molecule has 0 saturated carbocycles. The van der Waals surface area contributed by atoms with Gasteiger partial charge in [-0.15, -0.1) is 0 Å². The highest BCUT2D eigenvalue weighted by Gasteiger charge is 2.20. The molecule has 0 bridgehead atoms. The van der Waals surface area contributed by atoms with Crippen LogP contribution in [-0.4, -0.2) is 22.0 Å². The summed E-state index contributed by atoms with van der Waals surface area (Å²) in [5.41, 5.74) is -0.315. The Bertz CT molecular complexity index is 336. The number of imidazole rings is 1. The third-order valence-corrected chi connectivity index (χ3v) is 2.24. The number of rotatable bonds is 3. The zero-order valence-corrected chi connectivity index (χ0v) is 9.87. The standard InChI is InChI=1S/C11H19N3O/c1-9-12-5-7-14(9)8-6-13-10(15)11(2,3)4/h5,7H,6,8H2,1-4H3,(H,13,15). The van der Waals surface area contributed by atoms with Gasteiger partial charge in [-0.1, -0.05) is 20.8 Å². The van der Waals surface area contributed by atoms with Gasteiger partial charge in [0.25, 0.3) is 0 Å². The predicted molar refractivity (Wildman–Crippen MR) is 59.4 cm³/mol. The number of amides is 1. The highest BCUT2D eigenvalue weighted by atomic mass is 16.2. The summed E-state index contributed by atoms with van der Waals surface area (Å²) < 4.78 is 2.02. The van der Waals surface area contributed by atoms with Crippen LogP contribution in [0.5, 0.6) is 0 Å². The normalized spacial score (nSPS) is 11.5. The lowest BCUT2D eigenvalue weighted by Gasteiger charge is -2.17. The van der Waals surface area contributed by atoms with Crippen LogP contribution in [0.3, 0.4) is 0 Å². The fraction of sp³-hybridized carbons (Fsp3) is 0.636.